The Morgan fingerprint density at radius 2 is 2.04 bits per heavy atom. The van der Waals surface area contributed by atoms with Crippen LogP contribution in [0.4, 0.5) is 0 Å². The van der Waals surface area contributed by atoms with Crippen LogP contribution in [0.15, 0.2) is 29.3 Å². The van der Waals surface area contributed by atoms with Gasteiger partial charge in [-0.2, -0.15) is 0 Å². The highest BCUT2D eigenvalue weighted by Gasteiger charge is 2.14. The number of ether oxygens (including phenoxy) is 2. The summed E-state index contributed by atoms with van der Waals surface area (Å²) in [6, 6.07) is 8.31. The molecule has 0 amide bonds. The summed E-state index contributed by atoms with van der Waals surface area (Å²) >= 11 is 0. The van der Waals surface area contributed by atoms with Crippen molar-refractivity contribution in [3.05, 3.63) is 29.8 Å². The van der Waals surface area contributed by atoms with Gasteiger partial charge in [-0.1, -0.05) is 18.6 Å². The summed E-state index contributed by atoms with van der Waals surface area (Å²) in [6.07, 6.45) is 6.66. The molecular weight excluding hydrogens is 290 g/mol. The normalized spacial score (nSPS) is 16.2. The molecule has 1 aromatic carbocycles. The molecule has 0 heterocycles. The molecule has 1 aromatic rings. The molecule has 0 saturated heterocycles. The molecule has 0 aromatic heterocycles. The Morgan fingerprint density at radius 3 is 2.78 bits per heavy atom. The maximum absolute atomic E-state index is 6.12. The van der Waals surface area contributed by atoms with E-state index >= 15 is 0 Å². The Bertz CT molecular complexity index is 485. The van der Waals surface area contributed by atoms with Crippen molar-refractivity contribution >= 4 is 5.96 Å². The lowest BCUT2D eigenvalue weighted by Gasteiger charge is -2.23. The van der Waals surface area contributed by atoms with E-state index < -0.39 is 0 Å². The average molecular weight is 319 g/mol. The fourth-order valence-electron chi connectivity index (χ4n) is 2.78. The fraction of sp³-hybridized carbons (Fsp3) is 0.611. The highest BCUT2D eigenvalue weighted by Crippen LogP contribution is 2.23. The average Bonchev–Trinajstić information content (AvgIpc) is 2.59. The van der Waals surface area contributed by atoms with E-state index in [4.69, 9.17) is 9.47 Å². The molecule has 0 atom stereocenters. The first-order valence-corrected chi connectivity index (χ1v) is 8.51. The van der Waals surface area contributed by atoms with Crippen LogP contribution in [0, 0.1) is 0 Å². The van der Waals surface area contributed by atoms with Gasteiger partial charge in [-0.05, 0) is 43.4 Å². The van der Waals surface area contributed by atoms with Gasteiger partial charge in [-0.15, -0.1) is 0 Å². The summed E-state index contributed by atoms with van der Waals surface area (Å²) in [6.45, 7) is 2.11. The van der Waals surface area contributed by atoms with E-state index in [1.165, 1.54) is 37.7 Å². The largest absolute Gasteiger partial charge is 0.490 e. The van der Waals surface area contributed by atoms with Gasteiger partial charge in [0, 0.05) is 27.2 Å². The van der Waals surface area contributed by atoms with Crippen molar-refractivity contribution in [2.24, 2.45) is 4.99 Å². The van der Waals surface area contributed by atoms with Gasteiger partial charge in [-0.25, -0.2) is 0 Å². The maximum atomic E-state index is 6.12. The second-order valence-electron chi connectivity index (χ2n) is 5.87. The number of nitrogens with zero attached hydrogens (tertiary/aromatic N) is 1. The van der Waals surface area contributed by atoms with Gasteiger partial charge >= 0.3 is 0 Å². The fourth-order valence-corrected chi connectivity index (χ4v) is 2.78. The third kappa shape index (κ3) is 6.48. The highest BCUT2D eigenvalue weighted by molar-refractivity contribution is 5.79. The van der Waals surface area contributed by atoms with Crippen molar-refractivity contribution in [2.45, 2.75) is 44.8 Å². The second kappa shape index (κ2) is 10.1. The smallest absolute Gasteiger partial charge is 0.191 e. The zero-order valence-corrected chi connectivity index (χ0v) is 14.3. The van der Waals surface area contributed by atoms with Gasteiger partial charge in [0.05, 0.1) is 12.7 Å². The molecule has 0 unspecified atom stereocenters. The number of methoxy groups -OCH3 is 1. The molecule has 0 aliphatic heterocycles. The molecule has 5 heteroatoms. The predicted molar refractivity (Wildman–Crippen MR) is 94.0 cm³/mol. The Balaban J connectivity index is 1.81. The minimum atomic E-state index is 0.385. The Hall–Kier alpha value is -1.75. The number of hydrogen-bond acceptors (Lipinski definition) is 3. The highest BCUT2D eigenvalue weighted by atomic mass is 16.5. The lowest BCUT2D eigenvalue weighted by molar-refractivity contribution is 0.155. The van der Waals surface area contributed by atoms with Crippen molar-refractivity contribution in [1.82, 2.24) is 10.6 Å². The van der Waals surface area contributed by atoms with Crippen molar-refractivity contribution in [3.8, 4) is 5.75 Å². The number of guanidine groups is 1. The van der Waals surface area contributed by atoms with Crippen LogP contribution >= 0.6 is 0 Å². The Kier molecular flexibility index (Phi) is 7.73. The van der Waals surface area contributed by atoms with E-state index in [1.807, 2.05) is 6.07 Å². The Labute approximate surface area is 139 Å². The zero-order chi connectivity index (χ0) is 16.3. The molecule has 5 nitrogen and oxygen atoms in total. The third-order valence-corrected chi connectivity index (χ3v) is 4.04. The van der Waals surface area contributed by atoms with E-state index in [2.05, 4.69) is 33.8 Å². The van der Waals surface area contributed by atoms with E-state index in [9.17, 15) is 0 Å². The first-order chi connectivity index (χ1) is 11.3. The molecule has 1 fully saturated rings. The van der Waals surface area contributed by atoms with Crippen molar-refractivity contribution in [3.63, 3.8) is 0 Å². The molecule has 2 rings (SSSR count). The minimum Gasteiger partial charge on any atom is -0.490 e. The lowest BCUT2D eigenvalue weighted by Crippen LogP contribution is -2.38. The molecule has 1 aliphatic rings. The minimum absolute atomic E-state index is 0.385. The molecule has 0 radical (unpaired) electrons. The van der Waals surface area contributed by atoms with E-state index in [-0.39, 0.29) is 0 Å². The summed E-state index contributed by atoms with van der Waals surface area (Å²) in [4.78, 5) is 4.20. The Morgan fingerprint density at radius 1 is 1.22 bits per heavy atom. The molecular formula is C18H29N3O2. The maximum Gasteiger partial charge on any atom is 0.191 e. The van der Waals surface area contributed by atoms with E-state index in [1.54, 1.807) is 14.2 Å². The van der Waals surface area contributed by atoms with Crippen LogP contribution in [0.2, 0.25) is 0 Å². The molecule has 0 spiro atoms. The van der Waals surface area contributed by atoms with Crippen molar-refractivity contribution in [1.29, 1.82) is 0 Å². The summed E-state index contributed by atoms with van der Waals surface area (Å²) in [5.41, 5.74) is 1.19. The molecule has 1 saturated carbocycles. The van der Waals surface area contributed by atoms with Gasteiger partial charge < -0.3 is 20.1 Å². The molecule has 2 N–H and O–H groups in total. The molecule has 128 valence electrons. The van der Waals surface area contributed by atoms with E-state index in [0.717, 1.165) is 18.3 Å². The number of rotatable bonds is 7. The van der Waals surface area contributed by atoms with Crippen LogP contribution in [0.1, 0.15) is 37.7 Å². The molecule has 1 aliphatic carbocycles. The molecule has 23 heavy (non-hydrogen) atoms. The molecule has 0 bridgehead atoms. The van der Waals surface area contributed by atoms with Crippen LogP contribution < -0.4 is 15.4 Å². The predicted octanol–water partition coefficient (Wildman–Crippen LogP) is 2.71. The van der Waals surface area contributed by atoms with Crippen molar-refractivity contribution < 1.29 is 9.47 Å². The number of aliphatic imine (C=N–C) groups is 1. The SMILES string of the molecule is CN=C(NCCOC)NCc1cccc(OC2CCCCC2)c1. The van der Waals surface area contributed by atoms with E-state index in [0.29, 0.717) is 19.3 Å². The number of nitrogens with one attached hydrogen (secondary N) is 2. The third-order valence-electron chi connectivity index (χ3n) is 4.04. The summed E-state index contributed by atoms with van der Waals surface area (Å²) < 4.78 is 11.1. The summed E-state index contributed by atoms with van der Waals surface area (Å²) in [5, 5.41) is 6.51. The van der Waals surface area contributed by atoms with Gasteiger partial charge in [0.25, 0.3) is 0 Å². The monoisotopic (exact) mass is 319 g/mol. The first kappa shape index (κ1) is 17.6. The lowest BCUT2D eigenvalue weighted by atomic mass is 9.98. The quantitative estimate of drug-likeness (QED) is 0.461. The number of benzene rings is 1. The van der Waals surface area contributed by atoms with Crippen molar-refractivity contribution in [2.75, 3.05) is 27.3 Å². The second-order valence-corrected chi connectivity index (χ2v) is 5.87. The first-order valence-electron chi connectivity index (χ1n) is 8.51. The number of hydrogen-bond donors (Lipinski definition) is 2. The standard InChI is InChI=1S/C18H29N3O2/c1-19-18(20-11-12-22-2)21-14-15-7-6-10-17(13-15)23-16-8-4-3-5-9-16/h6-7,10,13,16H,3-5,8-9,11-12,14H2,1-2H3,(H2,19,20,21). The van der Waals surface area contributed by atoms with Gasteiger partial charge in [0.15, 0.2) is 5.96 Å². The van der Waals surface area contributed by atoms with Gasteiger partial charge in [0.1, 0.15) is 5.75 Å². The topological polar surface area (TPSA) is 54.9 Å². The van der Waals surface area contributed by atoms with Gasteiger partial charge in [-0.3, -0.25) is 4.99 Å². The van der Waals surface area contributed by atoms with Crippen LogP contribution in [0.3, 0.4) is 0 Å². The van der Waals surface area contributed by atoms with Gasteiger partial charge in [0.2, 0.25) is 0 Å². The zero-order valence-electron chi connectivity index (χ0n) is 14.3. The summed E-state index contributed by atoms with van der Waals surface area (Å²) in [5.74, 6) is 1.75. The van der Waals surface area contributed by atoms with Crippen LogP contribution in [0.5, 0.6) is 5.75 Å². The summed E-state index contributed by atoms with van der Waals surface area (Å²) in [7, 11) is 3.46. The van der Waals surface area contributed by atoms with Crippen LogP contribution in [0.25, 0.3) is 0 Å². The van der Waals surface area contributed by atoms with Crippen LogP contribution in [-0.4, -0.2) is 39.4 Å². The van der Waals surface area contributed by atoms with Crippen LogP contribution in [-0.2, 0) is 11.3 Å².